The first-order valence-corrected chi connectivity index (χ1v) is 9.50. The molecule has 5 nitrogen and oxygen atoms in total. The molecular weight excluding hydrogens is 362 g/mol. The Morgan fingerprint density at radius 3 is 2.42 bits per heavy atom. The number of sulfonamides is 1. The number of nitrogens with one attached hydrogen (secondary N) is 1. The molecule has 0 aliphatic rings. The van der Waals surface area contributed by atoms with Crippen molar-refractivity contribution in [3.63, 3.8) is 0 Å². The van der Waals surface area contributed by atoms with Crippen molar-refractivity contribution in [1.82, 2.24) is 4.31 Å². The lowest BCUT2D eigenvalue weighted by Crippen LogP contribution is -2.38. The summed E-state index contributed by atoms with van der Waals surface area (Å²) >= 11 is 0. The van der Waals surface area contributed by atoms with Gasteiger partial charge in [0.25, 0.3) is 0 Å². The molecule has 1 N–H and O–H groups in total. The monoisotopic (exact) mass is 382 g/mol. The Morgan fingerprint density at radius 1 is 1.12 bits per heavy atom. The van der Waals surface area contributed by atoms with E-state index in [1.54, 1.807) is 19.1 Å². The number of carbonyl (C=O) groups excluding carboxylic acids is 1. The van der Waals surface area contributed by atoms with Gasteiger partial charge in [-0.05, 0) is 43.2 Å². The third-order valence-corrected chi connectivity index (χ3v) is 5.58. The molecule has 2 aromatic rings. The van der Waals surface area contributed by atoms with Gasteiger partial charge in [0.2, 0.25) is 15.9 Å². The molecule has 2 rings (SSSR count). The van der Waals surface area contributed by atoms with E-state index in [-0.39, 0.29) is 6.54 Å². The number of aryl methyl sites for hydroxylation is 1. The molecule has 0 saturated heterocycles. The van der Waals surface area contributed by atoms with Crippen LogP contribution in [-0.2, 0) is 14.8 Å². The fourth-order valence-electron chi connectivity index (χ4n) is 2.38. The minimum atomic E-state index is -4.13. The largest absolute Gasteiger partial charge is 0.325 e. The van der Waals surface area contributed by atoms with Gasteiger partial charge in [-0.15, -0.1) is 0 Å². The van der Waals surface area contributed by atoms with Crippen LogP contribution >= 0.6 is 0 Å². The van der Waals surface area contributed by atoms with Crippen molar-refractivity contribution in [3.05, 3.63) is 59.7 Å². The zero-order chi connectivity index (χ0) is 19.3. The van der Waals surface area contributed by atoms with Crippen molar-refractivity contribution < 1.29 is 22.0 Å². The maximum Gasteiger partial charge on any atom is 0.243 e. The number of anilines is 1. The summed E-state index contributed by atoms with van der Waals surface area (Å²) < 4.78 is 52.8. The summed E-state index contributed by atoms with van der Waals surface area (Å²) in [7, 11) is -4.13. The molecule has 0 atom stereocenters. The summed E-state index contributed by atoms with van der Waals surface area (Å²) in [6.07, 6.45) is 0.459. The zero-order valence-corrected chi connectivity index (χ0v) is 15.3. The van der Waals surface area contributed by atoms with Gasteiger partial charge in [0, 0.05) is 12.2 Å². The van der Waals surface area contributed by atoms with Crippen LogP contribution in [0, 0.1) is 18.6 Å². The van der Waals surface area contributed by atoms with Gasteiger partial charge in [0.05, 0.1) is 11.4 Å². The summed E-state index contributed by atoms with van der Waals surface area (Å²) in [6.45, 7) is 3.22. The minimum absolute atomic E-state index is 0.0719. The summed E-state index contributed by atoms with van der Waals surface area (Å²) in [6, 6.07) is 9.45. The topological polar surface area (TPSA) is 66.5 Å². The van der Waals surface area contributed by atoms with Gasteiger partial charge < -0.3 is 5.32 Å². The summed E-state index contributed by atoms with van der Waals surface area (Å²) in [5, 5.41) is 2.66. The van der Waals surface area contributed by atoms with Crippen LogP contribution in [0.5, 0.6) is 0 Å². The van der Waals surface area contributed by atoms with E-state index < -0.39 is 39.0 Å². The van der Waals surface area contributed by atoms with Gasteiger partial charge in [-0.25, -0.2) is 17.2 Å². The second-order valence-electron chi connectivity index (χ2n) is 5.78. The Labute approximate surface area is 151 Å². The Hall–Kier alpha value is -2.32. The van der Waals surface area contributed by atoms with Gasteiger partial charge in [0.15, 0.2) is 11.6 Å². The van der Waals surface area contributed by atoms with Crippen LogP contribution in [0.1, 0.15) is 18.9 Å². The number of hydrogen-bond acceptors (Lipinski definition) is 3. The van der Waals surface area contributed by atoms with E-state index in [1.165, 1.54) is 0 Å². The van der Waals surface area contributed by atoms with Crippen LogP contribution in [0.4, 0.5) is 14.5 Å². The summed E-state index contributed by atoms with van der Waals surface area (Å²) in [5.74, 6) is -2.91. The number of amides is 1. The van der Waals surface area contributed by atoms with Crippen LogP contribution in [0.25, 0.3) is 0 Å². The number of benzene rings is 2. The number of nitrogens with zero attached hydrogens (tertiary/aromatic N) is 1. The van der Waals surface area contributed by atoms with E-state index in [2.05, 4.69) is 5.32 Å². The van der Waals surface area contributed by atoms with Gasteiger partial charge in [0.1, 0.15) is 0 Å². The summed E-state index contributed by atoms with van der Waals surface area (Å²) in [5.41, 5.74) is 1.42. The van der Waals surface area contributed by atoms with E-state index in [0.717, 1.165) is 22.0 Å². The van der Waals surface area contributed by atoms with Gasteiger partial charge >= 0.3 is 0 Å². The fourth-order valence-corrected chi connectivity index (χ4v) is 3.88. The molecule has 0 saturated carbocycles. The molecule has 0 bridgehead atoms. The van der Waals surface area contributed by atoms with Crippen molar-refractivity contribution in [2.24, 2.45) is 0 Å². The molecule has 26 heavy (non-hydrogen) atoms. The number of halogens is 2. The third kappa shape index (κ3) is 4.64. The number of para-hydroxylation sites is 1. The number of hydrogen-bond donors (Lipinski definition) is 1. The Balaban J connectivity index is 2.22. The first-order chi connectivity index (χ1) is 12.3. The van der Waals surface area contributed by atoms with E-state index >= 15 is 0 Å². The highest BCUT2D eigenvalue weighted by atomic mass is 32.2. The van der Waals surface area contributed by atoms with E-state index in [9.17, 15) is 22.0 Å². The maximum atomic E-state index is 13.4. The highest BCUT2D eigenvalue weighted by molar-refractivity contribution is 7.89. The van der Waals surface area contributed by atoms with Crippen LogP contribution in [-0.4, -0.2) is 31.7 Å². The SMILES string of the molecule is CCCN(CC(=O)Nc1ccccc1C)S(=O)(=O)c1ccc(F)c(F)c1. The third-order valence-electron chi connectivity index (χ3n) is 3.74. The molecule has 0 unspecified atom stereocenters. The van der Waals surface area contributed by atoms with Gasteiger partial charge in [-0.3, -0.25) is 4.79 Å². The molecule has 0 radical (unpaired) electrons. The minimum Gasteiger partial charge on any atom is -0.325 e. The van der Waals surface area contributed by atoms with Crippen molar-refractivity contribution in [3.8, 4) is 0 Å². The fraction of sp³-hybridized carbons (Fsp3) is 0.278. The molecular formula is C18H20F2N2O3S. The van der Waals surface area contributed by atoms with E-state index in [1.807, 2.05) is 19.1 Å². The molecule has 0 spiro atoms. The Kier molecular flexibility index (Phi) is 6.44. The number of carbonyl (C=O) groups is 1. The molecule has 0 fully saturated rings. The van der Waals surface area contributed by atoms with Crippen LogP contribution < -0.4 is 5.32 Å². The lowest BCUT2D eigenvalue weighted by atomic mass is 10.2. The quantitative estimate of drug-likeness (QED) is 0.799. The first-order valence-electron chi connectivity index (χ1n) is 8.06. The predicted octanol–water partition coefficient (Wildman–Crippen LogP) is 3.31. The van der Waals surface area contributed by atoms with Gasteiger partial charge in [-0.2, -0.15) is 4.31 Å². The predicted molar refractivity (Wildman–Crippen MR) is 95.2 cm³/mol. The summed E-state index contributed by atoms with van der Waals surface area (Å²) in [4.78, 5) is 11.9. The highest BCUT2D eigenvalue weighted by Crippen LogP contribution is 2.19. The highest BCUT2D eigenvalue weighted by Gasteiger charge is 2.27. The number of rotatable bonds is 7. The second-order valence-corrected chi connectivity index (χ2v) is 7.72. The Morgan fingerprint density at radius 2 is 1.81 bits per heavy atom. The second kappa shape index (κ2) is 8.37. The van der Waals surface area contributed by atoms with Crippen molar-refractivity contribution in [2.45, 2.75) is 25.2 Å². The lowest BCUT2D eigenvalue weighted by Gasteiger charge is -2.21. The van der Waals surface area contributed by atoms with E-state index in [0.29, 0.717) is 18.2 Å². The molecule has 2 aromatic carbocycles. The lowest BCUT2D eigenvalue weighted by molar-refractivity contribution is -0.116. The average Bonchev–Trinajstić information content (AvgIpc) is 2.59. The van der Waals surface area contributed by atoms with Crippen molar-refractivity contribution in [2.75, 3.05) is 18.4 Å². The van der Waals surface area contributed by atoms with Crippen LogP contribution in [0.3, 0.4) is 0 Å². The van der Waals surface area contributed by atoms with Crippen molar-refractivity contribution in [1.29, 1.82) is 0 Å². The zero-order valence-electron chi connectivity index (χ0n) is 14.5. The molecule has 0 aliphatic heterocycles. The molecule has 0 aromatic heterocycles. The standard InChI is InChI=1S/C18H20F2N2O3S/c1-3-10-22(12-18(23)21-17-7-5-4-6-13(17)2)26(24,25)14-8-9-15(19)16(20)11-14/h4-9,11H,3,10,12H2,1-2H3,(H,21,23). The maximum absolute atomic E-state index is 13.4. The molecule has 8 heteroatoms. The van der Waals surface area contributed by atoms with Gasteiger partial charge in [-0.1, -0.05) is 25.1 Å². The van der Waals surface area contributed by atoms with Crippen LogP contribution in [0.2, 0.25) is 0 Å². The molecule has 0 aliphatic carbocycles. The molecule has 140 valence electrons. The normalized spacial score (nSPS) is 11.6. The Bertz CT molecular complexity index is 901. The average molecular weight is 382 g/mol. The van der Waals surface area contributed by atoms with Crippen molar-refractivity contribution >= 4 is 21.6 Å². The van der Waals surface area contributed by atoms with Crippen LogP contribution in [0.15, 0.2) is 47.4 Å². The van der Waals surface area contributed by atoms with E-state index in [4.69, 9.17) is 0 Å². The molecule has 0 heterocycles. The smallest absolute Gasteiger partial charge is 0.243 e. The first kappa shape index (κ1) is 20.0. The molecule has 1 amide bonds.